The number of methoxy groups -OCH3 is 2. The van der Waals surface area contributed by atoms with Crippen molar-refractivity contribution in [3.63, 3.8) is 0 Å². The number of nitrogens with zero attached hydrogens (tertiary/aromatic N) is 2. The van der Waals surface area contributed by atoms with Crippen LogP contribution in [0.25, 0.3) is 0 Å². The number of nitrogens with one attached hydrogen (secondary N) is 1. The van der Waals surface area contributed by atoms with E-state index < -0.39 is 34.1 Å². The SMILES string of the molecule is CC[C@@H](C(=O)NC(C)(C)C)N(Cc1ccccc1Cl)C(=O)CN(c1cc(OC)ccc1OC)S(=O)(=O)c1ccc(C)cc1. The summed E-state index contributed by atoms with van der Waals surface area (Å²) in [6.45, 7) is 8.56. The number of hydrogen-bond donors (Lipinski definition) is 1. The molecular formula is C32H40ClN3O6S. The lowest BCUT2D eigenvalue weighted by Gasteiger charge is -2.35. The summed E-state index contributed by atoms with van der Waals surface area (Å²) < 4.78 is 40.3. The molecule has 232 valence electrons. The van der Waals surface area contributed by atoms with Gasteiger partial charge in [-0.25, -0.2) is 8.42 Å². The van der Waals surface area contributed by atoms with E-state index in [1.54, 1.807) is 55.5 Å². The third kappa shape index (κ3) is 8.42. The van der Waals surface area contributed by atoms with Crippen LogP contribution in [-0.2, 0) is 26.2 Å². The number of halogens is 1. The van der Waals surface area contributed by atoms with Gasteiger partial charge in [0.2, 0.25) is 11.8 Å². The Labute approximate surface area is 259 Å². The highest BCUT2D eigenvalue weighted by Crippen LogP contribution is 2.36. The first-order valence-electron chi connectivity index (χ1n) is 13.9. The fourth-order valence-corrected chi connectivity index (χ4v) is 6.14. The van der Waals surface area contributed by atoms with Gasteiger partial charge in [-0.15, -0.1) is 0 Å². The third-order valence-electron chi connectivity index (χ3n) is 6.73. The minimum atomic E-state index is -4.30. The van der Waals surface area contributed by atoms with Crippen molar-refractivity contribution in [1.82, 2.24) is 10.2 Å². The molecule has 0 unspecified atom stereocenters. The molecule has 43 heavy (non-hydrogen) atoms. The lowest BCUT2D eigenvalue weighted by Crippen LogP contribution is -2.55. The van der Waals surface area contributed by atoms with Crippen LogP contribution in [0.2, 0.25) is 5.02 Å². The van der Waals surface area contributed by atoms with Crippen LogP contribution in [0.1, 0.15) is 45.2 Å². The Hall–Kier alpha value is -3.76. The molecule has 0 saturated heterocycles. The van der Waals surface area contributed by atoms with Crippen molar-refractivity contribution in [2.24, 2.45) is 0 Å². The van der Waals surface area contributed by atoms with Gasteiger partial charge in [0, 0.05) is 23.2 Å². The Bertz CT molecular complexity index is 1540. The monoisotopic (exact) mass is 629 g/mol. The summed E-state index contributed by atoms with van der Waals surface area (Å²) in [6, 6.07) is 17.2. The van der Waals surface area contributed by atoms with E-state index >= 15 is 0 Å². The molecule has 3 aromatic rings. The molecular weight excluding hydrogens is 590 g/mol. The van der Waals surface area contributed by atoms with Crippen molar-refractivity contribution < 1.29 is 27.5 Å². The molecule has 0 spiro atoms. The molecule has 11 heteroatoms. The first-order chi connectivity index (χ1) is 20.2. The molecule has 0 saturated carbocycles. The maximum absolute atomic E-state index is 14.3. The standard InChI is InChI=1S/C32H40ClN3O6S/c1-8-27(31(38)34-32(3,4)5)35(20-23-11-9-10-12-26(23)33)30(37)21-36(28-19-24(41-6)15-18-29(28)42-7)43(39,40)25-16-13-22(2)14-17-25/h9-19,27H,8,20-21H2,1-7H3,(H,34,38)/t27-/m0/s1. The molecule has 3 rings (SSSR count). The number of amides is 2. The van der Waals surface area contributed by atoms with Gasteiger partial charge in [0.25, 0.3) is 10.0 Å². The van der Waals surface area contributed by atoms with Crippen molar-refractivity contribution in [1.29, 1.82) is 0 Å². The van der Waals surface area contributed by atoms with Crippen LogP contribution in [0.4, 0.5) is 5.69 Å². The molecule has 9 nitrogen and oxygen atoms in total. The first kappa shape index (κ1) is 33.7. The molecule has 0 fully saturated rings. The summed E-state index contributed by atoms with van der Waals surface area (Å²) in [4.78, 5) is 29.2. The van der Waals surface area contributed by atoms with Gasteiger partial charge in [0.05, 0.1) is 24.8 Å². The van der Waals surface area contributed by atoms with Crippen LogP contribution in [-0.4, -0.2) is 57.5 Å². The van der Waals surface area contributed by atoms with Gasteiger partial charge >= 0.3 is 0 Å². The molecule has 1 N–H and O–H groups in total. The Kier molecular flexibility index (Phi) is 11.1. The lowest BCUT2D eigenvalue weighted by atomic mass is 10.1. The average Bonchev–Trinajstić information content (AvgIpc) is 2.95. The highest BCUT2D eigenvalue weighted by molar-refractivity contribution is 7.92. The number of aryl methyl sites for hydroxylation is 1. The van der Waals surface area contributed by atoms with E-state index in [-0.39, 0.29) is 35.2 Å². The Morgan fingerprint density at radius 3 is 2.19 bits per heavy atom. The van der Waals surface area contributed by atoms with E-state index in [1.165, 1.54) is 37.3 Å². The van der Waals surface area contributed by atoms with Crippen LogP contribution < -0.4 is 19.1 Å². The van der Waals surface area contributed by atoms with Crippen molar-refractivity contribution in [3.8, 4) is 11.5 Å². The number of benzene rings is 3. The summed E-state index contributed by atoms with van der Waals surface area (Å²) in [5, 5.41) is 3.37. The summed E-state index contributed by atoms with van der Waals surface area (Å²) in [5.74, 6) is -0.366. The Morgan fingerprint density at radius 1 is 0.977 bits per heavy atom. The van der Waals surface area contributed by atoms with Crippen LogP contribution in [0, 0.1) is 6.92 Å². The van der Waals surface area contributed by atoms with Crippen LogP contribution >= 0.6 is 11.6 Å². The quantitative estimate of drug-likeness (QED) is 0.280. The number of sulfonamides is 1. The lowest BCUT2D eigenvalue weighted by molar-refractivity contribution is -0.141. The topological polar surface area (TPSA) is 105 Å². The van der Waals surface area contributed by atoms with Gasteiger partial charge in [-0.1, -0.05) is 54.4 Å². The largest absolute Gasteiger partial charge is 0.497 e. The predicted molar refractivity (Wildman–Crippen MR) is 169 cm³/mol. The van der Waals surface area contributed by atoms with E-state index in [9.17, 15) is 18.0 Å². The fourth-order valence-electron chi connectivity index (χ4n) is 4.53. The number of hydrogen-bond acceptors (Lipinski definition) is 6. The van der Waals surface area contributed by atoms with Gasteiger partial charge in [-0.05, 0) is 70.0 Å². The number of ether oxygens (including phenoxy) is 2. The van der Waals surface area contributed by atoms with E-state index in [0.717, 1.165) is 9.87 Å². The van der Waals surface area contributed by atoms with Gasteiger partial charge in [-0.2, -0.15) is 0 Å². The molecule has 0 aliphatic carbocycles. The molecule has 0 aromatic heterocycles. The summed E-state index contributed by atoms with van der Waals surface area (Å²) in [6.07, 6.45) is 0.283. The summed E-state index contributed by atoms with van der Waals surface area (Å²) in [5.41, 5.74) is 1.05. The molecule has 0 bridgehead atoms. The van der Waals surface area contributed by atoms with Crippen LogP contribution in [0.15, 0.2) is 71.6 Å². The number of carbonyl (C=O) groups is 2. The van der Waals surface area contributed by atoms with E-state index in [2.05, 4.69) is 5.32 Å². The Balaban J connectivity index is 2.17. The zero-order valence-electron chi connectivity index (χ0n) is 25.7. The van der Waals surface area contributed by atoms with E-state index in [0.29, 0.717) is 16.3 Å². The minimum Gasteiger partial charge on any atom is -0.497 e. The highest BCUT2D eigenvalue weighted by atomic mass is 35.5. The minimum absolute atomic E-state index is 0.00839. The molecule has 2 amide bonds. The van der Waals surface area contributed by atoms with E-state index in [4.69, 9.17) is 21.1 Å². The van der Waals surface area contributed by atoms with Gasteiger partial charge in [0.15, 0.2) is 0 Å². The second kappa shape index (κ2) is 14.1. The summed E-state index contributed by atoms with van der Waals surface area (Å²) >= 11 is 6.47. The molecule has 0 aliphatic rings. The van der Waals surface area contributed by atoms with Gasteiger partial charge < -0.3 is 19.7 Å². The fraction of sp³-hybridized carbons (Fsp3) is 0.375. The second-order valence-electron chi connectivity index (χ2n) is 11.1. The predicted octanol–water partition coefficient (Wildman–Crippen LogP) is 5.58. The highest BCUT2D eigenvalue weighted by Gasteiger charge is 2.36. The van der Waals surface area contributed by atoms with Gasteiger partial charge in [-0.3, -0.25) is 13.9 Å². The number of anilines is 1. The molecule has 0 heterocycles. The smallest absolute Gasteiger partial charge is 0.264 e. The normalized spacial score (nSPS) is 12.3. The van der Waals surface area contributed by atoms with Crippen LogP contribution in [0.5, 0.6) is 11.5 Å². The molecule has 0 aliphatic heterocycles. The Morgan fingerprint density at radius 2 is 1.63 bits per heavy atom. The van der Waals surface area contributed by atoms with Crippen molar-refractivity contribution in [3.05, 3.63) is 82.9 Å². The van der Waals surface area contributed by atoms with Crippen molar-refractivity contribution in [2.45, 2.75) is 64.1 Å². The number of carbonyl (C=O) groups excluding carboxylic acids is 2. The zero-order chi connectivity index (χ0) is 31.9. The van der Waals surface area contributed by atoms with Crippen molar-refractivity contribution >= 4 is 39.1 Å². The molecule has 0 radical (unpaired) electrons. The number of rotatable bonds is 12. The second-order valence-corrected chi connectivity index (χ2v) is 13.4. The molecule has 1 atom stereocenters. The maximum atomic E-state index is 14.3. The third-order valence-corrected chi connectivity index (χ3v) is 8.87. The maximum Gasteiger partial charge on any atom is 0.264 e. The van der Waals surface area contributed by atoms with E-state index in [1.807, 2.05) is 27.7 Å². The molecule has 3 aromatic carbocycles. The average molecular weight is 630 g/mol. The van der Waals surface area contributed by atoms with Crippen molar-refractivity contribution in [2.75, 3.05) is 25.1 Å². The van der Waals surface area contributed by atoms with Gasteiger partial charge in [0.1, 0.15) is 24.1 Å². The zero-order valence-corrected chi connectivity index (χ0v) is 27.3. The first-order valence-corrected chi connectivity index (χ1v) is 15.7. The van der Waals surface area contributed by atoms with Crippen LogP contribution in [0.3, 0.4) is 0 Å². The summed E-state index contributed by atoms with van der Waals surface area (Å²) in [7, 11) is -1.42.